The largest absolute Gasteiger partial charge is 0.382 e. The molecule has 0 atom stereocenters. The number of benzene rings is 1. The van der Waals surface area contributed by atoms with Crippen molar-refractivity contribution in [3.8, 4) is 11.3 Å². The molecule has 1 aromatic heterocycles. The second kappa shape index (κ2) is 5.09. The zero-order valence-corrected chi connectivity index (χ0v) is 12.5. The second-order valence-corrected chi connectivity index (χ2v) is 6.04. The highest BCUT2D eigenvalue weighted by atomic mass is 79.9. The van der Waals surface area contributed by atoms with Crippen LogP contribution in [0.4, 0.5) is 10.2 Å². The fourth-order valence-electron chi connectivity index (χ4n) is 2.79. The number of halogens is 2. The van der Waals surface area contributed by atoms with Gasteiger partial charge in [0.15, 0.2) is 5.82 Å². The Morgan fingerprint density at radius 1 is 1.30 bits per heavy atom. The third-order valence-electron chi connectivity index (χ3n) is 3.89. The van der Waals surface area contributed by atoms with Gasteiger partial charge >= 0.3 is 0 Å². The predicted octanol–water partition coefficient (Wildman–Crippen LogP) is 3.41. The van der Waals surface area contributed by atoms with Gasteiger partial charge in [-0.2, -0.15) is 0 Å². The van der Waals surface area contributed by atoms with Crippen molar-refractivity contribution in [2.45, 2.75) is 31.6 Å². The molecule has 0 spiro atoms. The zero-order chi connectivity index (χ0) is 14.3. The zero-order valence-electron chi connectivity index (χ0n) is 10.9. The van der Waals surface area contributed by atoms with Crippen LogP contribution < -0.4 is 11.6 Å². The van der Waals surface area contributed by atoms with Gasteiger partial charge in [-0.05, 0) is 40.9 Å². The standard InChI is InChI=1S/C14H16BrFN4/c15-10-6-5-9(7-11(10)16)12-13(17)20(18)14(19-12)8-3-1-2-4-8/h5-8H,1-4,17-18H2. The summed E-state index contributed by atoms with van der Waals surface area (Å²) in [5.74, 6) is 7.22. The van der Waals surface area contributed by atoms with Crippen LogP contribution in [-0.2, 0) is 0 Å². The summed E-state index contributed by atoms with van der Waals surface area (Å²) in [6, 6.07) is 4.85. The first-order valence-electron chi connectivity index (χ1n) is 6.66. The number of nitrogen functional groups attached to an aromatic ring is 2. The monoisotopic (exact) mass is 338 g/mol. The average molecular weight is 339 g/mol. The van der Waals surface area contributed by atoms with E-state index in [2.05, 4.69) is 20.9 Å². The number of hydrogen-bond acceptors (Lipinski definition) is 3. The third kappa shape index (κ3) is 2.18. The minimum atomic E-state index is -0.337. The van der Waals surface area contributed by atoms with Crippen LogP contribution in [0.5, 0.6) is 0 Å². The van der Waals surface area contributed by atoms with Gasteiger partial charge in [-0.1, -0.05) is 18.9 Å². The molecule has 0 unspecified atom stereocenters. The number of hydrogen-bond donors (Lipinski definition) is 2. The lowest BCUT2D eigenvalue weighted by molar-refractivity contribution is 0.621. The van der Waals surface area contributed by atoms with Crippen LogP contribution in [0.1, 0.15) is 37.4 Å². The van der Waals surface area contributed by atoms with E-state index in [1.807, 2.05) is 0 Å². The minimum absolute atomic E-state index is 0.337. The molecule has 0 aliphatic heterocycles. The lowest BCUT2D eigenvalue weighted by atomic mass is 10.1. The molecule has 20 heavy (non-hydrogen) atoms. The first kappa shape index (κ1) is 13.4. The number of anilines is 1. The lowest BCUT2D eigenvalue weighted by Crippen LogP contribution is -2.17. The molecule has 0 bridgehead atoms. The number of rotatable bonds is 2. The van der Waals surface area contributed by atoms with Crippen molar-refractivity contribution in [2.24, 2.45) is 0 Å². The fraction of sp³-hybridized carbons (Fsp3) is 0.357. The van der Waals surface area contributed by atoms with E-state index in [1.165, 1.54) is 23.6 Å². The van der Waals surface area contributed by atoms with Crippen molar-refractivity contribution < 1.29 is 4.39 Å². The van der Waals surface area contributed by atoms with Gasteiger partial charge in [0.05, 0.1) is 4.47 Å². The van der Waals surface area contributed by atoms with Crippen molar-refractivity contribution in [3.05, 3.63) is 34.3 Å². The molecule has 0 saturated heterocycles. The van der Waals surface area contributed by atoms with Crippen LogP contribution in [0.15, 0.2) is 22.7 Å². The highest BCUT2D eigenvalue weighted by Crippen LogP contribution is 2.36. The van der Waals surface area contributed by atoms with E-state index in [1.54, 1.807) is 12.1 Å². The van der Waals surface area contributed by atoms with Gasteiger partial charge in [-0.25, -0.2) is 14.1 Å². The number of nitrogens with zero attached hydrogens (tertiary/aromatic N) is 2. The van der Waals surface area contributed by atoms with Crippen LogP contribution in [0.25, 0.3) is 11.3 Å². The SMILES string of the molecule is Nc1c(-c2ccc(Br)c(F)c2)nc(C2CCCC2)n1N. The van der Waals surface area contributed by atoms with Gasteiger partial charge in [-0.15, -0.1) is 0 Å². The fourth-order valence-corrected chi connectivity index (χ4v) is 3.04. The molecule has 2 aromatic rings. The maximum Gasteiger partial charge on any atom is 0.150 e. The van der Waals surface area contributed by atoms with Gasteiger partial charge in [0.2, 0.25) is 0 Å². The van der Waals surface area contributed by atoms with E-state index in [0.29, 0.717) is 27.5 Å². The molecule has 106 valence electrons. The predicted molar refractivity (Wildman–Crippen MR) is 81.1 cm³/mol. The van der Waals surface area contributed by atoms with Crippen molar-refractivity contribution in [1.82, 2.24) is 9.66 Å². The summed E-state index contributed by atoms with van der Waals surface area (Å²) in [6.45, 7) is 0. The first-order chi connectivity index (χ1) is 9.58. The molecule has 1 heterocycles. The summed E-state index contributed by atoms with van der Waals surface area (Å²) >= 11 is 3.14. The quantitative estimate of drug-likeness (QED) is 0.824. The van der Waals surface area contributed by atoms with Gasteiger partial charge in [0.25, 0.3) is 0 Å². The maximum atomic E-state index is 13.7. The van der Waals surface area contributed by atoms with Gasteiger partial charge in [0, 0.05) is 11.5 Å². The highest BCUT2D eigenvalue weighted by molar-refractivity contribution is 9.10. The summed E-state index contributed by atoms with van der Waals surface area (Å²) in [5, 5.41) is 0. The minimum Gasteiger partial charge on any atom is -0.382 e. The van der Waals surface area contributed by atoms with Gasteiger partial charge in [-0.3, -0.25) is 0 Å². The van der Waals surface area contributed by atoms with Crippen molar-refractivity contribution in [2.75, 3.05) is 11.6 Å². The van der Waals surface area contributed by atoms with E-state index in [0.717, 1.165) is 18.7 Å². The number of imidazole rings is 1. The van der Waals surface area contributed by atoms with Crippen LogP contribution in [0, 0.1) is 5.82 Å². The summed E-state index contributed by atoms with van der Waals surface area (Å²) in [4.78, 5) is 4.56. The Hall–Kier alpha value is -1.56. The molecule has 1 aliphatic rings. The van der Waals surface area contributed by atoms with Crippen molar-refractivity contribution in [3.63, 3.8) is 0 Å². The normalized spacial score (nSPS) is 15.9. The van der Waals surface area contributed by atoms with Crippen LogP contribution >= 0.6 is 15.9 Å². The molecule has 4 N–H and O–H groups in total. The second-order valence-electron chi connectivity index (χ2n) is 5.18. The van der Waals surface area contributed by atoms with E-state index < -0.39 is 0 Å². The molecular formula is C14H16BrFN4. The molecule has 1 saturated carbocycles. The number of aromatic nitrogens is 2. The van der Waals surface area contributed by atoms with Crippen LogP contribution in [-0.4, -0.2) is 9.66 Å². The Kier molecular flexibility index (Phi) is 3.41. The Balaban J connectivity index is 2.05. The Labute approximate surface area is 125 Å². The van der Waals surface area contributed by atoms with Crippen molar-refractivity contribution >= 4 is 21.7 Å². The van der Waals surface area contributed by atoms with Gasteiger partial charge in [0.1, 0.15) is 17.3 Å². The summed E-state index contributed by atoms with van der Waals surface area (Å²) in [6.07, 6.45) is 4.56. The summed E-state index contributed by atoms with van der Waals surface area (Å²) < 4.78 is 15.5. The van der Waals surface area contributed by atoms with Crippen LogP contribution in [0.3, 0.4) is 0 Å². The molecule has 0 radical (unpaired) electrons. The van der Waals surface area contributed by atoms with E-state index in [4.69, 9.17) is 11.6 Å². The molecule has 4 nitrogen and oxygen atoms in total. The topological polar surface area (TPSA) is 69.9 Å². The van der Waals surface area contributed by atoms with Crippen molar-refractivity contribution in [1.29, 1.82) is 0 Å². The highest BCUT2D eigenvalue weighted by Gasteiger charge is 2.25. The Morgan fingerprint density at radius 2 is 2.00 bits per heavy atom. The average Bonchev–Trinajstić information content (AvgIpc) is 3.04. The lowest BCUT2D eigenvalue weighted by Gasteiger charge is -2.08. The molecule has 1 aliphatic carbocycles. The molecule has 1 fully saturated rings. The molecule has 3 rings (SSSR count). The van der Waals surface area contributed by atoms with E-state index in [-0.39, 0.29) is 5.82 Å². The van der Waals surface area contributed by atoms with Crippen LogP contribution in [0.2, 0.25) is 0 Å². The van der Waals surface area contributed by atoms with E-state index >= 15 is 0 Å². The molecular weight excluding hydrogens is 323 g/mol. The molecule has 0 amide bonds. The third-order valence-corrected chi connectivity index (χ3v) is 4.53. The molecule has 6 heteroatoms. The summed E-state index contributed by atoms with van der Waals surface area (Å²) in [7, 11) is 0. The molecule has 1 aromatic carbocycles. The first-order valence-corrected chi connectivity index (χ1v) is 7.46. The smallest absolute Gasteiger partial charge is 0.150 e. The Bertz CT molecular complexity index is 647. The number of nitrogens with two attached hydrogens (primary N) is 2. The van der Waals surface area contributed by atoms with E-state index in [9.17, 15) is 4.39 Å². The van der Waals surface area contributed by atoms with Gasteiger partial charge < -0.3 is 11.6 Å². The Morgan fingerprint density at radius 3 is 2.65 bits per heavy atom. The summed E-state index contributed by atoms with van der Waals surface area (Å²) in [5.41, 5.74) is 7.23. The maximum absolute atomic E-state index is 13.7.